The normalized spacial score (nSPS) is 17.3. The quantitative estimate of drug-likeness (QED) is 0.0176. The Kier molecular flexibility index (Phi) is 23.8. The highest BCUT2D eigenvalue weighted by Crippen LogP contribution is 2.18. The molecule has 59 heavy (non-hydrogen) atoms. The average Bonchev–Trinajstić information content (AvgIpc) is 3.66. The monoisotopic (exact) mass is 875 g/mol. The third kappa shape index (κ3) is 18.6. The van der Waals surface area contributed by atoms with Gasteiger partial charge in [0.05, 0.1) is 18.7 Å². The highest BCUT2D eigenvalue weighted by molar-refractivity contribution is 7.98. The zero-order valence-electron chi connectivity index (χ0n) is 34.7. The van der Waals surface area contributed by atoms with Gasteiger partial charge < -0.3 is 64.2 Å². The molecule has 336 valence electrons. The topological polar surface area (TPSA) is 343 Å². The Hall–Kier alpha value is -4.35. The Balaban J connectivity index is 3.18. The van der Waals surface area contributed by atoms with Gasteiger partial charge in [0.1, 0.15) is 36.3 Å². The number of aliphatic carboxylic acids is 1. The summed E-state index contributed by atoms with van der Waals surface area (Å²) in [5.41, 5.74) is 16.8. The second-order valence-electron chi connectivity index (χ2n) is 15.1. The van der Waals surface area contributed by atoms with Crippen LogP contribution in [0.2, 0.25) is 0 Å². The third-order valence-electron chi connectivity index (χ3n) is 9.33. The number of thiol groups is 1. The van der Waals surface area contributed by atoms with Crippen LogP contribution < -0.4 is 49.1 Å². The molecule has 1 aliphatic heterocycles. The van der Waals surface area contributed by atoms with E-state index in [2.05, 4.69) is 49.5 Å². The molecule has 14 N–H and O–H groups in total. The summed E-state index contributed by atoms with van der Waals surface area (Å²) in [7, 11) is 0. The number of amides is 7. The van der Waals surface area contributed by atoms with E-state index < -0.39 is 102 Å². The van der Waals surface area contributed by atoms with Crippen molar-refractivity contribution in [1.29, 1.82) is 0 Å². The number of carboxylic acids is 1. The molecule has 23 heteroatoms. The van der Waals surface area contributed by atoms with Crippen LogP contribution in [-0.2, 0) is 38.4 Å². The van der Waals surface area contributed by atoms with Crippen molar-refractivity contribution in [2.45, 2.75) is 122 Å². The van der Waals surface area contributed by atoms with Gasteiger partial charge in [0.15, 0.2) is 5.96 Å². The summed E-state index contributed by atoms with van der Waals surface area (Å²) in [4.78, 5) is 110. The van der Waals surface area contributed by atoms with Crippen molar-refractivity contribution in [3.05, 3.63) is 0 Å². The molecule has 0 aromatic heterocycles. The summed E-state index contributed by atoms with van der Waals surface area (Å²) in [5.74, 6) is -6.52. The van der Waals surface area contributed by atoms with E-state index in [4.69, 9.17) is 17.2 Å². The zero-order chi connectivity index (χ0) is 45.0. The van der Waals surface area contributed by atoms with Crippen LogP contribution in [0, 0.1) is 11.8 Å². The summed E-state index contributed by atoms with van der Waals surface area (Å²) >= 11 is 5.42. The van der Waals surface area contributed by atoms with Gasteiger partial charge in [-0.2, -0.15) is 24.4 Å². The van der Waals surface area contributed by atoms with E-state index >= 15 is 0 Å². The summed E-state index contributed by atoms with van der Waals surface area (Å²) in [6, 6.07) is -8.33. The zero-order valence-corrected chi connectivity index (χ0v) is 36.4. The van der Waals surface area contributed by atoms with Crippen molar-refractivity contribution >= 4 is 77.7 Å². The number of carboxylic acid groups (broad SMARTS) is 1. The Morgan fingerprint density at radius 1 is 0.831 bits per heavy atom. The van der Waals surface area contributed by atoms with Crippen LogP contribution in [0.5, 0.6) is 0 Å². The maximum atomic E-state index is 13.8. The van der Waals surface area contributed by atoms with Crippen molar-refractivity contribution < 1.29 is 48.6 Å². The molecule has 8 atom stereocenters. The molecule has 7 amide bonds. The third-order valence-corrected chi connectivity index (χ3v) is 10.3. The van der Waals surface area contributed by atoms with Crippen LogP contribution in [0.3, 0.4) is 0 Å². The molecule has 1 aliphatic rings. The lowest BCUT2D eigenvalue weighted by molar-refractivity contribution is -0.142. The predicted octanol–water partition coefficient (Wildman–Crippen LogP) is -3.25. The number of guanidine groups is 1. The molecule has 0 unspecified atom stereocenters. The van der Waals surface area contributed by atoms with Gasteiger partial charge in [0.25, 0.3) is 0 Å². The summed E-state index contributed by atoms with van der Waals surface area (Å²) < 4.78 is 0. The van der Waals surface area contributed by atoms with Crippen LogP contribution >= 0.6 is 24.4 Å². The van der Waals surface area contributed by atoms with Gasteiger partial charge >= 0.3 is 5.97 Å². The number of carbonyl (C=O) groups is 8. The van der Waals surface area contributed by atoms with E-state index in [1.807, 2.05) is 6.26 Å². The SMILES string of the molecule is CSCC[C@H](NC(=O)[C@@H](N)C(C)C)C(=O)NCC(=O)N1CCC[C@H]1C(=O)N[C@@H](CCCN=C(N)N)C(=O)N[C@H](C(=O)N[C@@H](CC(C)C)C(=O)N[C@@H](CS)C(=O)O)[C@@H](C)O. The van der Waals surface area contributed by atoms with Crippen LogP contribution in [0.1, 0.15) is 73.1 Å². The smallest absolute Gasteiger partial charge is 0.327 e. The number of aliphatic hydroxyl groups is 1. The molecule has 21 nitrogen and oxygen atoms in total. The number of hydrogen-bond acceptors (Lipinski definition) is 13. The van der Waals surface area contributed by atoms with Crippen molar-refractivity contribution in [2.75, 3.05) is 37.4 Å². The predicted molar refractivity (Wildman–Crippen MR) is 226 cm³/mol. The number of nitrogens with one attached hydrogen (secondary N) is 6. The van der Waals surface area contributed by atoms with Gasteiger partial charge in [0, 0.05) is 18.8 Å². The van der Waals surface area contributed by atoms with Crippen molar-refractivity contribution in [2.24, 2.45) is 34.0 Å². The molecular formula is C36H65N11O10S2. The minimum absolute atomic E-state index is 0.0401. The summed E-state index contributed by atoms with van der Waals surface area (Å²) in [5, 5.41) is 35.0. The Labute approximate surface area is 355 Å². The maximum Gasteiger partial charge on any atom is 0.327 e. The van der Waals surface area contributed by atoms with E-state index in [0.29, 0.717) is 12.2 Å². The van der Waals surface area contributed by atoms with E-state index in [1.165, 1.54) is 23.6 Å². The van der Waals surface area contributed by atoms with Crippen molar-refractivity contribution in [3.8, 4) is 0 Å². The number of carbonyl (C=O) groups excluding carboxylic acids is 7. The molecule has 1 rings (SSSR count). The van der Waals surface area contributed by atoms with E-state index in [9.17, 15) is 48.6 Å². The van der Waals surface area contributed by atoms with E-state index in [1.54, 1.807) is 27.7 Å². The molecular weight excluding hydrogens is 811 g/mol. The number of hydrogen-bond donors (Lipinski definition) is 12. The molecule has 1 fully saturated rings. The first kappa shape index (κ1) is 52.7. The largest absolute Gasteiger partial charge is 0.480 e. The lowest BCUT2D eigenvalue weighted by atomic mass is 10.0. The highest BCUT2D eigenvalue weighted by Gasteiger charge is 2.38. The van der Waals surface area contributed by atoms with Gasteiger partial charge in [-0.3, -0.25) is 38.6 Å². The van der Waals surface area contributed by atoms with Crippen LogP contribution in [0.4, 0.5) is 0 Å². The number of aliphatic imine (C=N–C) groups is 1. The molecule has 0 saturated carbocycles. The first-order valence-electron chi connectivity index (χ1n) is 19.6. The first-order valence-corrected chi connectivity index (χ1v) is 21.6. The number of thioether (sulfide) groups is 1. The van der Waals surface area contributed by atoms with Crippen LogP contribution in [0.15, 0.2) is 4.99 Å². The Morgan fingerprint density at radius 3 is 1.97 bits per heavy atom. The molecule has 0 spiro atoms. The minimum atomic E-state index is -1.62. The maximum absolute atomic E-state index is 13.8. The van der Waals surface area contributed by atoms with Gasteiger partial charge in [0.2, 0.25) is 41.4 Å². The molecule has 0 bridgehead atoms. The molecule has 0 aromatic carbocycles. The van der Waals surface area contributed by atoms with Crippen LogP contribution in [0.25, 0.3) is 0 Å². The fourth-order valence-corrected chi connectivity index (χ4v) is 6.64. The Morgan fingerprint density at radius 2 is 1.42 bits per heavy atom. The van der Waals surface area contributed by atoms with Gasteiger partial charge in [-0.1, -0.05) is 27.7 Å². The number of rotatable bonds is 26. The number of aliphatic hydroxyl groups excluding tert-OH is 1. The van der Waals surface area contributed by atoms with Crippen LogP contribution in [-0.4, -0.2) is 154 Å². The lowest BCUT2D eigenvalue weighted by Gasteiger charge is -2.29. The average molecular weight is 876 g/mol. The second kappa shape index (κ2) is 26.7. The second-order valence-corrected chi connectivity index (χ2v) is 16.4. The van der Waals surface area contributed by atoms with Gasteiger partial charge in [-0.05, 0) is 69.3 Å². The molecule has 1 heterocycles. The first-order chi connectivity index (χ1) is 27.6. The van der Waals surface area contributed by atoms with Gasteiger partial charge in [-0.15, -0.1) is 0 Å². The summed E-state index contributed by atoms with van der Waals surface area (Å²) in [6.07, 6.45) is 1.54. The molecule has 1 saturated heterocycles. The number of nitrogens with zero attached hydrogens (tertiary/aromatic N) is 2. The minimum Gasteiger partial charge on any atom is -0.480 e. The van der Waals surface area contributed by atoms with E-state index in [0.717, 1.165) is 0 Å². The van der Waals surface area contributed by atoms with E-state index in [-0.39, 0.29) is 68.7 Å². The van der Waals surface area contributed by atoms with Crippen molar-refractivity contribution in [3.63, 3.8) is 0 Å². The standard InChI is InChI=1S/C36H65N11O10S2/c1-18(2)15-23(31(52)45-24(17-58)35(56)57)44-34(55)28(20(5)48)46-30(51)21(9-7-12-40-36(38)39)42-32(53)25-10-8-13-47(25)26(49)16-41-29(50)22(11-14-59-6)43-33(54)27(37)19(3)4/h18-25,27-28,48,58H,7-17,37H2,1-6H3,(H,41,50)(H,42,53)(H,43,54)(H,44,55)(H,45,52)(H,46,51)(H,56,57)(H4,38,39,40)/t20-,21+,22+,23+,24+,25+,27+,28+/m1/s1. The lowest BCUT2D eigenvalue weighted by Crippen LogP contribution is -2.61. The fraction of sp³-hybridized carbons (Fsp3) is 0.750. The number of likely N-dealkylation sites (tertiary alicyclic amines) is 1. The highest BCUT2D eigenvalue weighted by atomic mass is 32.2. The van der Waals surface area contributed by atoms with Gasteiger partial charge in [-0.25, -0.2) is 4.79 Å². The molecule has 0 aliphatic carbocycles. The molecule has 0 radical (unpaired) electrons. The Bertz CT molecular complexity index is 1480. The van der Waals surface area contributed by atoms with Crippen molar-refractivity contribution in [1.82, 2.24) is 36.8 Å². The fourth-order valence-electron chi connectivity index (χ4n) is 5.92. The summed E-state index contributed by atoms with van der Waals surface area (Å²) in [6.45, 7) is 8.11. The molecule has 0 aromatic rings. The number of nitrogens with two attached hydrogens (primary N) is 3.